The molecule has 0 unspecified atom stereocenters. The average molecular weight is 697 g/mol. The van der Waals surface area contributed by atoms with Gasteiger partial charge in [0.25, 0.3) is 0 Å². The maximum atomic E-state index is 12.2. The van der Waals surface area contributed by atoms with E-state index in [0.717, 1.165) is 57.8 Å². The number of aliphatic hydroxyl groups excluding tert-OH is 1. The van der Waals surface area contributed by atoms with Crippen LogP contribution in [0.5, 0.6) is 0 Å². The van der Waals surface area contributed by atoms with Crippen LogP contribution in [0.2, 0.25) is 0 Å². The number of unbranched alkanes of at least 4 members (excludes halogenated alkanes) is 13. The molecule has 0 amide bonds. The molecule has 8 nitrogen and oxygen atoms in total. The maximum absolute atomic E-state index is 12.2. The third-order valence-corrected chi connectivity index (χ3v) is 8.31. The van der Waals surface area contributed by atoms with Crippen LogP contribution in [0.4, 0.5) is 0 Å². The number of rotatable bonds is 34. The van der Waals surface area contributed by atoms with Crippen molar-refractivity contribution in [2.24, 2.45) is 0 Å². The summed E-state index contributed by atoms with van der Waals surface area (Å²) in [4.78, 5) is 30.3. The summed E-state index contributed by atoms with van der Waals surface area (Å²) in [6, 6.07) is 0. The first-order chi connectivity index (χ1) is 23.3. The van der Waals surface area contributed by atoms with Crippen molar-refractivity contribution in [3.05, 3.63) is 60.9 Å². The second-order valence-electron chi connectivity index (χ2n) is 12.4. The zero-order valence-electron chi connectivity index (χ0n) is 30.2. The molecule has 0 radical (unpaired) electrons. The molecular weight excluding hydrogens is 627 g/mol. The standard InChI is InChI=1S/C39H69O8P/c1-3-5-6-7-8-9-10-11-16-19-22-25-28-31-34-45-38(36-47-48(42,43)44)35-46-39(41)33-30-27-24-21-18-15-13-12-14-17-20-23-26-29-32-37(40)4-2/h13-15,17,21,23-24,26,31,34,37-38,40H,3-12,16,18-20,22,25,27-30,32-33,35-36H2,1-2H3,(H2,42,43,44)/b15-13-,17-14-,24-21-,26-23-,34-31+/t37-,38+/m0/s1. The SMILES string of the molecule is CCCCCCCCCCCCCC/C=C/O[C@H](COC(=O)CCC/C=C\C/C=C\C/C=C\C/C=C\CC[C@@H](O)CC)COP(=O)(O)O. The number of phosphoric ester groups is 1. The van der Waals surface area contributed by atoms with E-state index in [2.05, 4.69) is 60.1 Å². The second-order valence-corrected chi connectivity index (χ2v) is 13.6. The zero-order valence-corrected chi connectivity index (χ0v) is 31.1. The zero-order chi connectivity index (χ0) is 35.4. The number of aliphatic hydroxyl groups is 1. The highest BCUT2D eigenvalue weighted by Gasteiger charge is 2.20. The summed E-state index contributed by atoms with van der Waals surface area (Å²) >= 11 is 0. The first-order valence-corrected chi connectivity index (χ1v) is 20.3. The number of hydrogen-bond acceptors (Lipinski definition) is 6. The fourth-order valence-electron chi connectivity index (χ4n) is 4.81. The lowest BCUT2D eigenvalue weighted by Crippen LogP contribution is -2.25. The van der Waals surface area contributed by atoms with Gasteiger partial charge in [0.15, 0.2) is 6.10 Å². The van der Waals surface area contributed by atoms with Crippen LogP contribution in [0, 0.1) is 0 Å². The van der Waals surface area contributed by atoms with Crippen molar-refractivity contribution < 1.29 is 38.3 Å². The maximum Gasteiger partial charge on any atom is 0.469 e. The lowest BCUT2D eigenvalue weighted by molar-refractivity contribution is -0.147. The summed E-state index contributed by atoms with van der Waals surface area (Å²) in [5.41, 5.74) is 0. The second kappa shape index (κ2) is 34.9. The Morgan fingerprint density at radius 1 is 0.646 bits per heavy atom. The van der Waals surface area contributed by atoms with Gasteiger partial charge >= 0.3 is 13.8 Å². The summed E-state index contributed by atoms with van der Waals surface area (Å²) in [5.74, 6) is -0.381. The van der Waals surface area contributed by atoms with Crippen LogP contribution < -0.4 is 0 Å². The Kier molecular flexibility index (Phi) is 33.5. The van der Waals surface area contributed by atoms with E-state index in [0.29, 0.717) is 6.42 Å². The Labute approximate surface area is 293 Å². The summed E-state index contributed by atoms with van der Waals surface area (Å²) < 4.78 is 26.6. The molecule has 0 aliphatic rings. The van der Waals surface area contributed by atoms with Crippen molar-refractivity contribution in [2.75, 3.05) is 13.2 Å². The predicted molar refractivity (Wildman–Crippen MR) is 198 cm³/mol. The summed E-state index contributed by atoms with van der Waals surface area (Å²) in [6.45, 7) is 3.72. The monoisotopic (exact) mass is 696 g/mol. The molecule has 0 rings (SSSR count). The number of hydrogen-bond donors (Lipinski definition) is 3. The largest absolute Gasteiger partial charge is 0.492 e. The molecule has 0 heterocycles. The average Bonchev–Trinajstić information content (AvgIpc) is 3.06. The number of phosphoric acid groups is 1. The lowest BCUT2D eigenvalue weighted by atomic mass is 10.0. The number of ether oxygens (including phenoxy) is 2. The molecule has 0 aromatic rings. The topological polar surface area (TPSA) is 123 Å². The minimum absolute atomic E-state index is 0.143. The quantitative estimate of drug-likeness (QED) is 0.0200. The van der Waals surface area contributed by atoms with Crippen LogP contribution in [0.3, 0.4) is 0 Å². The minimum Gasteiger partial charge on any atom is -0.492 e. The van der Waals surface area contributed by atoms with Crippen molar-refractivity contribution in [1.29, 1.82) is 0 Å². The van der Waals surface area contributed by atoms with Gasteiger partial charge in [0.05, 0.1) is 19.0 Å². The number of carbonyl (C=O) groups is 1. The number of allylic oxidation sites excluding steroid dienone is 9. The van der Waals surface area contributed by atoms with Gasteiger partial charge in [-0.25, -0.2) is 4.57 Å². The normalized spacial score (nSPS) is 13.9. The molecule has 0 aromatic heterocycles. The van der Waals surface area contributed by atoms with Crippen molar-refractivity contribution in [3.63, 3.8) is 0 Å². The Bertz CT molecular complexity index is 921. The first-order valence-electron chi connectivity index (χ1n) is 18.7. The van der Waals surface area contributed by atoms with E-state index in [4.69, 9.17) is 19.3 Å². The molecule has 3 N–H and O–H groups in total. The van der Waals surface area contributed by atoms with Crippen LogP contribution in [0.1, 0.15) is 155 Å². The van der Waals surface area contributed by atoms with Gasteiger partial charge < -0.3 is 24.4 Å². The van der Waals surface area contributed by atoms with Gasteiger partial charge in [-0.3, -0.25) is 9.32 Å². The number of esters is 1. The van der Waals surface area contributed by atoms with Crippen molar-refractivity contribution in [2.45, 2.75) is 167 Å². The molecular formula is C39H69O8P. The van der Waals surface area contributed by atoms with Crippen LogP contribution in [0.25, 0.3) is 0 Å². The molecule has 0 fully saturated rings. The van der Waals surface area contributed by atoms with Crippen LogP contribution in [-0.4, -0.2) is 46.3 Å². The van der Waals surface area contributed by atoms with Crippen LogP contribution >= 0.6 is 7.82 Å². The van der Waals surface area contributed by atoms with Crippen molar-refractivity contribution in [3.8, 4) is 0 Å². The molecule has 0 aromatic carbocycles. The third-order valence-electron chi connectivity index (χ3n) is 7.82. The van der Waals surface area contributed by atoms with E-state index in [9.17, 15) is 14.5 Å². The van der Waals surface area contributed by atoms with Gasteiger partial charge in [0, 0.05) is 6.42 Å². The van der Waals surface area contributed by atoms with E-state index in [-0.39, 0.29) is 31.7 Å². The molecule has 0 saturated heterocycles. The highest BCUT2D eigenvalue weighted by molar-refractivity contribution is 7.46. The van der Waals surface area contributed by atoms with Gasteiger partial charge in [-0.15, -0.1) is 0 Å². The third kappa shape index (κ3) is 36.9. The van der Waals surface area contributed by atoms with E-state index in [1.807, 2.05) is 13.0 Å². The van der Waals surface area contributed by atoms with Crippen molar-refractivity contribution in [1.82, 2.24) is 0 Å². The number of carbonyl (C=O) groups excluding carboxylic acids is 1. The van der Waals surface area contributed by atoms with E-state index < -0.39 is 13.9 Å². The molecule has 0 spiro atoms. The molecule has 278 valence electrons. The van der Waals surface area contributed by atoms with Crippen LogP contribution in [0.15, 0.2) is 60.9 Å². The fourth-order valence-corrected chi connectivity index (χ4v) is 5.17. The molecule has 48 heavy (non-hydrogen) atoms. The molecule has 0 bridgehead atoms. The Hall–Kier alpha value is -1.96. The smallest absolute Gasteiger partial charge is 0.469 e. The Balaban J connectivity index is 4.02. The van der Waals surface area contributed by atoms with Gasteiger partial charge in [0.1, 0.15) is 6.61 Å². The summed E-state index contributed by atoms with van der Waals surface area (Å²) in [5, 5.41) is 9.53. The minimum atomic E-state index is -4.66. The van der Waals surface area contributed by atoms with Gasteiger partial charge in [-0.1, -0.05) is 133 Å². The van der Waals surface area contributed by atoms with Crippen LogP contribution in [-0.2, 0) is 23.4 Å². The molecule has 0 aliphatic heterocycles. The van der Waals surface area contributed by atoms with Gasteiger partial charge in [0.2, 0.25) is 0 Å². The predicted octanol–water partition coefficient (Wildman–Crippen LogP) is 10.7. The molecule has 9 heteroatoms. The lowest BCUT2D eigenvalue weighted by Gasteiger charge is -2.17. The van der Waals surface area contributed by atoms with E-state index in [1.165, 1.54) is 76.9 Å². The van der Waals surface area contributed by atoms with Gasteiger partial charge in [-0.2, -0.15) is 0 Å². The van der Waals surface area contributed by atoms with E-state index >= 15 is 0 Å². The Morgan fingerprint density at radius 2 is 1.15 bits per heavy atom. The molecule has 0 aliphatic carbocycles. The first kappa shape index (κ1) is 46.0. The highest BCUT2D eigenvalue weighted by Crippen LogP contribution is 2.35. The highest BCUT2D eigenvalue weighted by atomic mass is 31.2. The fraction of sp³-hybridized carbons (Fsp3) is 0.718. The van der Waals surface area contributed by atoms with E-state index in [1.54, 1.807) is 0 Å². The van der Waals surface area contributed by atoms with Gasteiger partial charge in [-0.05, 0) is 70.3 Å². The van der Waals surface area contributed by atoms with Crippen molar-refractivity contribution >= 4 is 13.8 Å². The molecule has 0 saturated carbocycles. The molecule has 2 atom stereocenters. The Morgan fingerprint density at radius 3 is 1.69 bits per heavy atom. The summed E-state index contributed by atoms with van der Waals surface area (Å²) in [7, 11) is -4.66. The summed E-state index contributed by atoms with van der Waals surface area (Å²) in [6.07, 6.45) is 42.5.